The van der Waals surface area contributed by atoms with Gasteiger partial charge in [0.2, 0.25) is 17.6 Å². The van der Waals surface area contributed by atoms with Crippen LogP contribution in [0.3, 0.4) is 0 Å². The topological polar surface area (TPSA) is 160 Å². The maximum Gasteiger partial charge on any atom is 0.283 e. The summed E-state index contributed by atoms with van der Waals surface area (Å²) in [6.07, 6.45) is 5.90. The zero-order valence-electron chi connectivity index (χ0n) is 37.1. The molecule has 0 bridgehead atoms. The minimum atomic E-state index is -0.839. The highest BCUT2D eigenvalue weighted by atomic mass is 79.9. The van der Waals surface area contributed by atoms with Crippen molar-refractivity contribution < 1.29 is 19.4 Å². The highest BCUT2D eigenvalue weighted by molar-refractivity contribution is 9.10. The average Bonchev–Trinajstić information content (AvgIpc) is 4.10. The van der Waals surface area contributed by atoms with Crippen LogP contribution in [0, 0.1) is 12.3 Å². The van der Waals surface area contributed by atoms with Crippen LogP contribution in [0.5, 0.6) is 0 Å². The molecule has 2 amide bonds. The summed E-state index contributed by atoms with van der Waals surface area (Å²) < 4.78 is 11.6. The van der Waals surface area contributed by atoms with Crippen LogP contribution in [0.25, 0.3) is 38.2 Å². The number of aryl methyl sites for hydroxylation is 1. The molecule has 1 saturated carbocycles. The first kappa shape index (κ1) is 44.7. The van der Waals surface area contributed by atoms with Crippen molar-refractivity contribution in [3.05, 3.63) is 97.8 Å². The van der Waals surface area contributed by atoms with Gasteiger partial charge >= 0.3 is 0 Å². The van der Waals surface area contributed by atoms with Crippen LogP contribution >= 0.6 is 27.3 Å². The summed E-state index contributed by atoms with van der Waals surface area (Å²) in [7, 11) is 0. The van der Waals surface area contributed by atoms with Crippen LogP contribution in [0.2, 0.25) is 0 Å². The third kappa shape index (κ3) is 8.79. The third-order valence-corrected chi connectivity index (χ3v) is 15.5. The fourth-order valence-corrected chi connectivity index (χ4v) is 11.4. The van der Waals surface area contributed by atoms with Gasteiger partial charge in [-0.15, -0.1) is 11.3 Å². The van der Waals surface area contributed by atoms with Crippen molar-refractivity contribution in [2.24, 2.45) is 11.1 Å². The van der Waals surface area contributed by atoms with Gasteiger partial charge in [-0.1, -0.05) is 70.0 Å². The molecule has 13 nitrogen and oxygen atoms in total. The second kappa shape index (κ2) is 18.4. The number of nitrogens with zero attached hydrogens (tertiary/aromatic N) is 6. The number of likely N-dealkylation sites (tertiary alicyclic amines) is 2. The number of rotatable bonds is 12. The molecule has 64 heavy (non-hydrogen) atoms. The summed E-state index contributed by atoms with van der Waals surface area (Å²) in [5.41, 5.74) is 14.8. The summed E-state index contributed by atoms with van der Waals surface area (Å²) >= 11 is 5.20. The van der Waals surface area contributed by atoms with Gasteiger partial charge in [0.05, 0.1) is 69.4 Å². The van der Waals surface area contributed by atoms with Crippen LogP contribution in [-0.4, -0.2) is 103 Å². The van der Waals surface area contributed by atoms with E-state index in [2.05, 4.69) is 58.3 Å². The lowest BCUT2D eigenvalue weighted by Crippen LogP contribution is -2.55. The maximum absolute atomic E-state index is 14.0. The van der Waals surface area contributed by atoms with Gasteiger partial charge in [0.15, 0.2) is 0 Å². The Morgan fingerprint density at radius 2 is 1.77 bits per heavy atom. The van der Waals surface area contributed by atoms with Gasteiger partial charge in [-0.2, -0.15) is 4.98 Å². The molecule has 2 saturated heterocycles. The zero-order chi connectivity index (χ0) is 44.9. The summed E-state index contributed by atoms with van der Waals surface area (Å²) in [4.78, 5) is 55.1. The van der Waals surface area contributed by atoms with Gasteiger partial charge in [0, 0.05) is 30.0 Å². The number of fused-ring (bicyclic) bond motifs is 5. The Labute approximate surface area is 386 Å². The lowest BCUT2D eigenvalue weighted by Gasteiger charge is -2.33. The van der Waals surface area contributed by atoms with E-state index in [0.29, 0.717) is 24.0 Å². The second-order valence-corrected chi connectivity index (χ2v) is 20.8. The predicted octanol–water partition coefficient (Wildman–Crippen LogP) is 7.50. The van der Waals surface area contributed by atoms with Crippen molar-refractivity contribution >= 4 is 66.8 Å². The molecule has 1 aliphatic carbocycles. The van der Waals surface area contributed by atoms with Gasteiger partial charge in [-0.25, -0.2) is 4.98 Å². The number of imidazole rings is 1. The minimum Gasteiger partial charge on any atom is -0.391 e. The highest BCUT2D eigenvalue weighted by Crippen LogP contribution is 2.38. The minimum absolute atomic E-state index is 0.0662. The van der Waals surface area contributed by atoms with E-state index in [1.165, 1.54) is 23.3 Å². The number of hydrogen-bond acceptors (Lipinski definition) is 10. The Morgan fingerprint density at radius 1 is 1.02 bits per heavy atom. The number of ether oxygens (including phenoxy) is 1. The molecular formula is C49H59BrN8O5S. The van der Waals surface area contributed by atoms with Crippen molar-refractivity contribution in [1.82, 2.24) is 34.1 Å². The summed E-state index contributed by atoms with van der Waals surface area (Å²) in [6, 6.07) is 19.1. The first-order valence-corrected chi connectivity index (χ1v) is 24.4. The first-order valence-electron chi connectivity index (χ1n) is 22.8. The number of hydrogen-bond donors (Lipinski definition) is 3. The summed E-state index contributed by atoms with van der Waals surface area (Å²) in [5, 5.41) is 14.4. The van der Waals surface area contributed by atoms with E-state index in [4.69, 9.17) is 15.5 Å². The quantitative estimate of drug-likeness (QED) is 0.106. The molecule has 15 heteroatoms. The number of aliphatic hydroxyl groups excluding tert-OH is 1. The number of piperidine rings is 1. The number of halogens is 1. The third-order valence-electron chi connectivity index (χ3n) is 13.8. The maximum atomic E-state index is 14.0. The molecule has 4 atom stereocenters. The van der Waals surface area contributed by atoms with E-state index < -0.39 is 29.6 Å². The molecule has 0 spiro atoms. The van der Waals surface area contributed by atoms with E-state index in [9.17, 15) is 19.5 Å². The van der Waals surface area contributed by atoms with E-state index in [-0.39, 0.29) is 36.9 Å². The monoisotopic (exact) mass is 950 g/mol. The van der Waals surface area contributed by atoms with Crippen LogP contribution in [-0.2, 0) is 14.3 Å². The Morgan fingerprint density at radius 3 is 2.47 bits per heavy atom. The largest absolute Gasteiger partial charge is 0.391 e. The SMILES string of the molecule is Cc1ncsc1-c1ccc([C@H](COCCN2CCC(c3ccc4c(c3)n(C3CCCC3)c3nc(=O)c5c(Br)cccc5n43)CC2)NC(=O)[C@@H]2C[C@@H](O)CN2C(=O)[C@@H](N)C(C)(C)C)cc1. The zero-order valence-corrected chi connectivity index (χ0v) is 39.5. The highest BCUT2D eigenvalue weighted by Gasteiger charge is 2.43. The van der Waals surface area contributed by atoms with E-state index in [1.54, 1.807) is 11.3 Å². The van der Waals surface area contributed by atoms with E-state index >= 15 is 0 Å². The lowest BCUT2D eigenvalue weighted by molar-refractivity contribution is -0.141. The molecule has 0 radical (unpaired) electrons. The first-order chi connectivity index (χ1) is 30.8. The molecule has 3 fully saturated rings. The number of benzene rings is 3. The number of β-amino-alcohol motifs (C(OH)–C–C–N with tert-alkyl or cyclic N) is 1. The van der Waals surface area contributed by atoms with Crippen LogP contribution < -0.4 is 16.6 Å². The number of aliphatic hydroxyl groups is 1. The molecule has 5 heterocycles. The molecule has 9 rings (SSSR count). The van der Waals surface area contributed by atoms with Crippen molar-refractivity contribution in [2.75, 3.05) is 39.4 Å². The van der Waals surface area contributed by atoms with Gasteiger partial charge in [-0.3, -0.25) is 18.8 Å². The standard InChI is InChI=1S/C49H59BrN8O5S/c1-29-43(64-28-52-29)32-14-12-31(13-15-32)37(53-45(60)41-25-35(59)26-56(41)47(62)44(51)49(2,3)4)27-63-23-22-55-20-18-30(19-21-55)33-16-17-38-40(24-33)57(34-8-5-6-9-34)48-54-46(61)42-36(50)10-7-11-39(42)58(38)48/h7,10-17,24,28,30,34-35,37,41,44,59H,5-6,8-9,18-23,25-27,51H2,1-4H3,(H,53,60)/t35-,37+,41+,44-/m1/s1. The normalized spacial score (nSPS) is 20.2. The molecule has 338 valence electrons. The molecule has 6 aromatic rings. The van der Waals surface area contributed by atoms with Crippen molar-refractivity contribution in [1.29, 1.82) is 0 Å². The number of thiazole rings is 1. The molecule has 4 N–H and O–H groups in total. The number of aromatic nitrogens is 4. The van der Waals surface area contributed by atoms with Crippen molar-refractivity contribution in [3.63, 3.8) is 0 Å². The molecule has 3 aromatic heterocycles. The van der Waals surface area contributed by atoms with Gasteiger partial charge in [0.25, 0.3) is 5.56 Å². The number of nitrogens with one attached hydrogen (secondary N) is 1. The Hall–Kier alpha value is -4.51. The predicted molar refractivity (Wildman–Crippen MR) is 256 cm³/mol. The van der Waals surface area contributed by atoms with Gasteiger partial charge in [-0.05, 0) is 114 Å². The smallest absolute Gasteiger partial charge is 0.283 e. The number of carbonyl (C=O) groups is 2. The molecule has 3 aliphatic rings. The van der Waals surface area contributed by atoms with Crippen molar-refractivity contribution in [3.8, 4) is 10.4 Å². The Kier molecular flexibility index (Phi) is 12.8. The lowest BCUT2D eigenvalue weighted by atomic mass is 9.86. The summed E-state index contributed by atoms with van der Waals surface area (Å²) in [5.74, 6) is 0.461. The van der Waals surface area contributed by atoms with Crippen LogP contribution in [0.1, 0.15) is 101 Å². The van der Waals surface area contributed by atoms with Gasteiger partial charge in [0.1, 0.15) is 6.04 Å². The second-order valence-electron chi connectivity index (χ2n) is 19.1. The fraction of sp³-hybridized carbons (Fsp3) is 0.490. The summed E-state index contributed by atoms with van der Waals surface area (Å²) in [6.45, 7) is 11.1. The van der Waals surface area contributed by atoms with Crippen molar-refractivity contribution in [2.45, 2.75) is 109 Å². The molecule has 2 aliphatic heterocycles. The fourth-order valence-electron chi connectivity index (χ4n) is 10.1. The molecule has 0 unspecified atom stereocenters. The van der Waals surface area contributed by atoms with Crippen LogP contribution in [0.15, 0.2) is 75.4 Å². The molecular weight excluding hydrogens is 893 g/mol. The average molecular weight is 952 g/mol. The number of amides is 2. The number of carbonyl (C=O) groups excluding carboxylic acids is 2. The van der Waals surface area contributed by atoms with Crippen LogP contribution in [0.4, 0.5) is 0 Å². The Balaban J connectivity index is 0.869. The van der Waals surface area contributed by atoms with Gasteiger partial charge < -0.3 is 35.3 Å². The van der Waals surface area contributed by atoms with E-state index in [0.717, 1.165) is 93.8 Å². The Bertz CT molecular complexity index is 2730. The van der Waals surface area contributed by atoms with E-state index in [1.807, 2.05) is 75.7 Å². The molecule has 3 aromatic carbocycles. The number of nitrogens with two attached hydrogens (primary N) is 1.